The van der Waals surface area contributed by atoms with Crippen LogP contribution in [0.1, 0.15) is 15.9 Å². The van der Waals surface area contributed by atoms with Crippen LogP contribution in [0.3, 0.4) is 0 Å². The third-order valence-electron chi connectivity index (χ3n) is 2.80. The van der Waals surface area contributed by atoms with Crippen LogP contribution < -0.4 is 11.1 Å². The minimum atomic E-state index is -0.398. The molecule has 3 N–H and O–H groups in total. The van der Waals surface area contributed by atoms with Crippen molar-refractivity contribution in [3.8, 4) is 0 Å². The number of carbonyl (C=O) groups is 2. The molecule has 2 rings (SSSR count). The van der Waals surface area contributed by atoms with Gasteiger partial charge in [0.1, 0.15) is 0 Å². The largest absolute Gasteiger partial charge is 0.324 e. The van der Waals surface area contributed by atoms with E-state index in [1.165, 1.54) is 6.07 Å². The molecule has 1 amide bonds. The van der Waals surface area contributed by atoms with Crippen LogP contribution in [0.15, 0.2) is 42.5 Å². The van der Waals surface area contributed by atoms with Gasteiger partial charge in [-0.05, 0) is 30.3 Å². The van der Waals surface area contributed by atoms with E-state index in [1.54, 1.807) is 36.4 Å². The lowest BCUT2D eigenvalue weighted by molar-refractivity contribution is -0.114. The summed E-state index contributed by atoms with van der Waals surface area (Å²) in [6, 6.07) is 11.3. The Morgan fingerprint density at radius 1 is 1.05 bits per heavy atom. The third kappa shape index (κ3) is 3.61. The van der Waals surface area contributed by atoms with Gasteiger partial charge in [-0.1, -0.05) is 35.3 Å². The van der Waals surface area contributed by atoms with E-state index in [1.807, 2.05) is 0 Å². The van der Waals surface area contributed by atoms with Gasteiger partial charge in [0.2, 0.25) is 5.91 Å². The van der Waals surface area contributed by atoms with Crippen LogP contribution in [0, 0.1) is 0 Å². The standard InChI is InChI=1S/C15H12Cl2N2O2/c16-9-5-6-13(19-14(20)8-18)11(7-9)15(21)10-3-1-2-4-12(10)17/h1-7H,8,18H2,(H,19,20). The van der Waals surface area contributed by atoms with Crippen LogP contribution in [-0.4, -0.2) is 18.2 Å². The van der Waals surface area contributed by atoms with Crippen molar-refractivity contribution in [3.63, 3.8) is 0 Å². The molecule has 6 heteroatoms. The van der Waals surface area contributed by atoms with E-state index in [4.69, 9.17) is 28.9 Å². The Morgan fingerprint density at radius 2 is 1.76 bits per heavy atom. The molecular formula is C15H12Cl2N2O2. The van der Waals surface area contributed by atoms with E-state index < -0.39 is 5.91 Å². The highest BCUT2D eigenvalue weighted by Crippen LogP contribution is 2.26. The van der Waals surface area contributed by atoms with Crippen LogP contribution in [0.2, 0.25) is 10.0 Å². The number of rotatable bonds is 4. The van der Waals surface area contributed by atoms with E-state index in [-0.39, 0.29) is 17.9 Å². The zero-order valence-corrected chi connectivity index (χ0v) is 12.4. The maximum Gasteiger partial charge on any atom is 0.238 e. The molecule has 0 atom stereocenters. The van der Waals surface area contributed by atoms with Crippen LogP contribution in [0.5, 0.6) is 0 Å². The van der Waals surface area contributed by atoms with Gasteiger partial charge < -0.3 is 11.1 Å². The number of nitrogens with two attached hydrogens (primary N) is 1. The monoisotopic (exact) mass is 322 g/mol. The molecule has 0 aliphatic rings. The Morgan fingerprint density at radius 3 is 2.43 bits per heavy atom. The second-order valence-electron chi connectivity index (χ2n) is 4.25. The Kier molecular flexibility index (Phi) is 4.96. The van der Waals surface area contributed by atoms with Crippen molar-refractivity contribution in [3.05, 3.63) is 63.6 Å². The SMILES string of the molecule is NCC(=O)Nc1ccc(Cl)cc1C(=O)c1ccccc1Cl. The van der Waals surface area contributed by atoms with E-state index in [0.717, 1.165) is 0 Å². The van der Waals surface area contributed by atoms with Crippen molar-refractivity contribution in [2.75, 3.05) is 11.9 Å². The van der Waals surface area contributed by atoms with Gasteiger partial charge in [-0.25, -0.2) is 0 Å². The minimum absolute atomic E-state index is 0.178. The zero-order chi connectivity index (χ0) is 15.4. The van der Waals surface area contributed by atoms with E-state index in [9.17, 15) is 9.59 Å². The fourth-order valence-electron chi connectivity index (χ4n) is 1.81. The number of anilines is 1. The van der Waals surface area contributed by atoms with E-state index >= 15 is 0 Å². The van der Waals surface area contributed by atoms with Gasteiger partial charge in [0.15, 0.2) is 5.78 Å². The minimum Gasteiger partial charge on any atom is -0.324 e. The van der Waals surface area contributed by atoms with Crippen LogP contribution >= 0.6 is 23.2 Å². The lowest BCUT2D eigenvalue weighted by atomic mass is 10.0. The number of hydrogen-bond donors (Lipinski definition) is 2. The van der Waals surface area contributed by atoms with Crippen molar-refractivity contribution in [1.29, 1.82) is 0 Å². The number of hydrogen-bond acceptors (Lipinski definition) is 3. The number of amides is 1. The van der Waals surface area contributed by atoms with Crippen LogP contribution in [-0.2, 0) is 4.79 Å². The number of halogens is 2. The van der Waals surface area contributed by atoms with Gasteiger partial charge in [-0.15, -0.1) is 0 Å². The van der Waals surface area contributed by atoms with Crippen molar-refractivity contribution in [2.45, 2.75) is 0 Å². The molecule has 0 aliphatic heterocycles. The summed E-state index contributed by atoms with van der Waals surface area (Å²) in [6.45, 7) is -0.178. The Balaban J connectivity index is 2.47. The lowest BCUT2D eigenvalue weighted by Gasteiger charge is -2.11. The lowest BCUT2D eigenvalue weighted by Crippen LogP contribution is -2.23. The van der Waals surface area contributed by atoms with Gasteiger partial charge >= 0.3 is 0 Å². The van der Waals surface area contributed by atoms with Gasteiger partial charge in [0.25, 0.3) is 0 Å². The Bertz CT molecular complexity index is 702. The molecule has 0 aliphatic carbocycles. The van der Waals surface area contributed by atoms with Crippen LogP contribution in [0.4, 0.5) is 5.69 Å². The summed E-state index contributed by atoms with van der Waals surface area (Å²) in [4.78, 5) is 24.0. The van der Waals surface area contributed by atoms with Gasteiger partial charge in [-0.2, -0.15) is 0 Å². The van der Waals surface area contributed by atoms with Gasteiger partial charge in [-0.3, -0.25) is 9.59 Å². The average molecular weight is 323 g/mol. The molecule has 21 heavy (non-hydrogen) atoms. The predicted octanol–water partition coefficient (Wildman–Crippen LogP) is 3.12. The van der Waals surface area contributed by atoms with Gasteiger partial charge in [0.05, 0.1) is 17.3 Å². The van der Waals surface area contributed by atoms with Gasteiger partial charge in [0, 0.05) is 16.1 Å². The first-order chi connectivity index (χ1) is 10.0. The normalized spacial score (nSPS) is 10.2. The summed E-state index contributed by atoms with van der Waals surface area (Å²) in [5, 5.41) is 3.29. The fourth-order valence-corrected chi connectivity index (χ4v) is 2.20. The second-order valence-corrected chi connectivity index (χ2v) is 5.09. The third-order valence-corrected chi connectivity index (χ3v) is 3.37. The quantitative estimate of drug-likeness (QED) is 0.849. The molecule has 0 unspecified atom stereocenters. The Labute approximate surface area is 131 Å². The van der Waals surface area contributed by atoms with E-state index in [0.29, 0.717) is 21.3 Å². The molecular weight excluding hydrogens is 311 g/mol. The number of carbonyl (C=O) groups excluding carboxylic acids is 2. The molecule has 4 nitrogen and oxygen atoms in total. The summed E-state index contributed by atoms with van der Waals surface area (Å²) >= 11 is 12.0. The number of ketones is 1. The predicted molar refractivity (Wildman–Crippen MR) is 84.0 cm³/mol. The molecule has 2 aromatic rings. The van der Waals surface area contributed by atoms with E-state index in [2.05, 4.69) is 5.32 Å². The molecule has 0 aromatic heterocycles. The molecule has 108 valence electrons. The number of benzene rings is 2. The molecule has 0 radical (unpaired) electrons. The van der Waals surface area contributed by atoms with Crippen LogP contribution in [0.25, 0.3) is 0 Å². The van der Waals surface area contributed by atoms with Crippen molar-refractivity contribution >= 4 is 40.6 Å². The summed E-state index contributed by atoms with van der Waals surface area (Å²) in [7, 11) is 0. The summed E-state index contributed by atoms with van der Waals surface area (Å²) in [5.41, 5.74) is 6.21. The summed E-state index contributed by atoms with van der Waals surface area (Å²) in [5.74, 6) is -0.721. The molecule has 0 heterocycles. The highest BCUT2D eigenvalue weighted by molar-refractivity contribution is 6.36. The smallest absolute Gasteiger partial charge is 0.238 e. The van der Waals surface area contributed by atoms with Crippen molar-refractivity contribution in [2.24, 2.45) is 5.73 Å². The first-order valence-corrected chi connectivity index (χ1v) is 6.87. The summed E-state index contributed by atoms with van der Waals surface area (Å²) in [6.07, 6.45) is 0. The second kappa shape index (κ2) is 6.72. The fraction of sp³-hybridized carbons (Fsp3) is 0.0667. The molecule has 0 fully saturated rings. The molecule has 2 aromatic carbocycles. The van der Waals surface area contributed by atoms with Crippen molar-refractivity contribution < 1.29 is 9.59 Å². The zero-order valence-electron chi connectivity index (χ0n) is 10.9. The maximum atomic E-state index is 12.6. The first-order valence-electron chi connectivity index (χ1n) is 6.11. The first kappa shape index (κ1) is 15.5. The molecule has 0 bridgehead atoms. The highest BCUT2D eigenvalue weighted by Gasteiger charge is 2.17. The average Bonchev–Trinajstić information content (AvgIpc) is 2.48. The Hall–Kier alpha value is -1.88. The highest BCUT2D eigenvalue weighted by atomic mass is 35.5. The van der Waals surface area contributed by atoms with Crippen molar-refractivity contribution in [1.82, 2.24) is 0 Å². The molecule has 0 saturated heterocycles. The molecule has 0 spiro atoms. The number of nitrogens with one attached hydrogen (secondary N) is 1. The maximum absolute atomic E-state index is 12.6. The topological polar surface area (TPSA) is 72.2 Å². The summed E-state index contributed by atoms with van der Waals surface area (Å²) < 4.78 is 0. The molecule has 0 saturated carbocycles.